The number of hydrogen-bond acceptors (Lipinski definition) is 5. The lowest BCUT2D eigenvalue weighted by molar-refractivity contribution is -0.148. The number of aliphatic hydroxyl groups is 1. The highest BCUT2D eigenvalue weighted by Gasteiger charge is 2.23. The molecule has 14 heavy (non-hydrogen) atoms. The molecule has 6 nitrogen and oxygen atoms in total. The number of nitrogens with one attached hydrogen (secondary N) is 1. The molecule has 1 amide bonds. The number of nitrogens with two attached hydrogens (primary N) is 1. The molecule has 0 aromatic heterocycles. The SMILES string of the molecule is CCOC(=O)C(N)C(=O)NC(C)CO. The topological polar surface area (TPSA) is 102 Å². The van der Waals surface area contributed by atoms with E-state index in [1.807, 2.05) is 0 Å². The molecular weight excluding hydrogens is 188 g/mol. The summed E-state index contributed by atoms with van der Waals surface area (Å²) in [6, 6.07) is -1.76. The van der Waals surface area contributed by atoms with Crippen molar-refractivity contribution < 1.29 is 19.4 Å². The maximum absolute atomic E-state index is 11.2. The van der Waals surface area contributed by atoms with Crippen molar-refractivity contribution >= 4 is 11.9 Å². The van der Waals surface area contributed by atoms with Crippen molar-refractivity contribution in [1.29, 1.82) is 0 Å². The van der Waals surface area contributed by atoms with Gasteiger partial charge >= 0.3 is 5.97 Å². The van der Waals surface area contributed by atoms with Gasteiger partial charge in [-0.25, -0.2) is 4.79 Å². The Labute approximate surface area is 82.4 Å². The van der Waals surface area contributed by atoms with Crippen LogP contribution in [-0.2, 0) is 14.3 Å². The van der Waals surface area contributed by atoms with Gasteiger partial charge < -0.3 is 20.9 Å². The zero-order valence-corrected chi connectivity index (χ0v) is 8.32. The van der Waals surface area contributed by atoms with Crippen LogP contribution in [0.1, 0.15) is 13.8 Å². The van der Waals surface area contributed by atoms with Gasteiger partial charge in [-0.1, -0.05) is 0 Å². The van der Waals surface area contributed by atoms with Crippen molar-refractivity contribution in [3.8, 4) is 0 Å². The summed E-state index contributed by atoms with van der Waals surface area (Å²) in [5, 5.41) is 11.0. The quantitative estimate of drug-likeness (QED) is 0.369. The highest BCUT2D eigenvalue weighted by atomic mass is 16.5. The average Bonchev–Trinajstić information content (AvgIpc) is 2.16. The van der Waals surface area contributed by atoms with Crippen LogP contribution in [0, 0.1) is 0 Å². The first-order chi connectivity index (χ1) is 6.52. The summed E-state index contributed by atoms with van der Waals surface area (Å²) in [4.78, 5) is 22.2. The second-order valence-corrected chi connectivity index (χ2v) is 2.82. The Balaban J connectivity index is 4.04. The van der Waals surface area contributed by atoms with E-state index in [9.17, 15) is 9.59 Å². The van der Waals surface area contributed by atoms with Crippen molar-refractivity contribution in [1.82, 2.24) is 5.32 Å². The van der Waals surface area contributed by atoms with E-state index in [1.165, 1.54) is 0 Å². The predicted octanol–water partition coefficient (Wildman–Crippen LogP) is -1.63. The van der Waals surface area contributed by atoms with E-state index < -0.39 is 24.0 Å². The number of hydrogen-bond donors (Lipinski definition) is 3. The summed E-state index contributed by atoms with van der Waals surface area (Å²) in [5.41, 5.74) is 5.28. The molecule has 0 fully saturated rings. The van der Waals surface area contributed by atoms with E-state index in [1.54, 1.807) is 13.8 Å². The standard InChI is InChI=1S/C8H16N2O4/c1-3-14-8(13)6(9)7(12)10-5(2)4-11/h5-6,11H,3-4,9H2,1-2H3,(H,10,12). The molecule has 2 atom stereocenters. The van der Waals surface area contributed by atoms with E-state index in [0.717, 1.165) is 0 Å². The van der Waals surface area contributed by atoms with E-state index in [4.69, 9.17) is 10.8 Å². The van der Waals surface area contributed by atoms with Crippen LogP contribution in [0.15, 0.2) is 0 Å². The van der Waals surface area contributed by atoms with Crippen molar-refractivity contribution in [2.24, 2.45) is 5.73 Å². The normalized spacial score (nSPS) is 14.3. The summed E-state index contributed by atoms with van der Waals surface area (Å²) >= 11 is 0. The van der Waals surface area contributed by atoms with Gasteiger partial charge in [-0.15, -0.1) is 0 Å². The average molecular weight is 204 g/mol. The van der Waals surface area contributed by atoms with Crippen molar-refractivity contribution in [2.75, 3.05) is 13.2 Å². The van der Waals surface area contributed by atoms with Crippen LogP contribution in [0.2, 0.25) is 0 Å². The van der Waals surface area contributed by atoms with Crippen molar-refractivity contribution in [3.63, 3.8) is 0 Å². The van der Waals surface area contributed by atoms with Crippen molar-refractivity contribution in [3.05, 3.63) is 0 Å². The summed E-state index contributed by atoms with van der Waals surface area (Å²) < 4.78 is 4.55. The first kappa shape index (κ1) is 12.9. The molecule has 0 heterocycles. The smallest absolute Gasteiger partial charge is 0.332 e. The third kappa shape index (κ3) is 4.20. The van der Waals surface area contributed by atoms with Gasteiger partial charge in [-0.05, 0) is 13.8 Å². The minimum Gasteiger partial charge on any atom is -0.464 e. The molecule has 0 bridgehead atoms. The fourth-order valence-corrected chi connectivity index (χ4v) is 0.717. The van der Waals surface area contributed by atoms with Gasteiger partial charge in [0.2, 0.25) is 5.91 Å². The summed E-state index contributed by atoms with van der Waals surface area (Å²) in [5.74, 6) is -1.42. The Morgan fingerprint density at radius 2 is 2.14 bits per heavy atom. The number of rotatable bonds is 5. The highest BCUT2D eigenvalue weighted by molar-refractivity contribution is 6.01. The van der Waals surface area contributed by atoms with Crippen LogP contribution in [0.3, 0.4) is 0 Å². The molecule has 0 saturated heterocycles. The van der Waals surface area contributed by atoms with Gasteiger partial charge in [-0.2, -0.15) is 0 Å². The molecule has 2 unspecified atom stereocenters. The van der Waals surface area contributed by atoms with Crippen LogP contribution >= 0.6 is 0 Å². The van der Waals surface area contributed by atoms with E-state index in [2.05, 4.69) is 10.1 Å². The third-order valence-electron chi connectivity index (χ3n) is 1.49. The molecule has 0 aliphatic heterocycles. The molecule has 0 aliphatic rings. The van der Waals surface area contributed by atoms with Gasteiger partial charge in [0.15, 0.2) is 6.04 Å². The fraction of sp³-hybridized carbons (Fsp3) is 0.750. The molecule has 0 radical (unpaired) electrons. The zero-order valence-electron chi connectivity index (χ0n) is 8.32. The maximum Gasteiger partial charge on any atom is 0.332 e. The number of ether oxygens (including phenoxy) is 1. The number of carbonyl (C=O) groups is 2. The number of aliphatic hydroxyl groups excluding tert-OH is 1. The van der Waals surface area contributed by atoms with E-state index in [0.29, 0.717) is 0 Å². The van der Waals surface area contributed by atoms with Crippen LogP contribution in [-0.4, -0.2) is 42.3 Å². The zero-order chi connectivity index (χ0) is 11.1. The van der Waals surface area contributed by atoms with Gasteiger partial charge in [0.1, 0.15) is 0 Å². The molecule has 0 aromatic carbocycles. The molecule has 4 N–H and O–H groups in total. The molecule has 82 valence electrons. The minimum absolute atomic E-state index is 0.176. The second kappa shape index (κ2) is 6.33. The van der Waals surface area contributed by atoms with Crippen LogP contribution in [0.25, 0.3) is 0 Å². The molecule has 0 saturated carbocycles. The summed E-state index contributed by atoms with van der Waals surface area (Å²) in [6.45, 7) is 3.19. The van der Waals surface area contributed by atoms with Gasteiger partial charge in [0.05, 0.1) is 13.2 Å². The lowest BCUT2D eigenvalue weighted by Crippen LogP contribution is -2.50. The van der Waals surface area contributed by atoms with Gasteiger partial charge in [-0.3, -0.25) is 4.79 Å². The Morgan fingerprint density at radius 3 is 2.57 bits per heavy atom. The number of carbonyl (C=O) groups excluding carboxylic acids is 2. The van der Waals surface area contributed by atoms with Crippen LogP contribution in [0.4, 0.5) is 0 Å². The molecule has 0 spiro atoms. The Hall–Kier alpha value is -1.14. The fourth-order valence-electron chi connectivity index (χ4n) is 0.717. The van der Waals surface area contributed by atoms with Gasteiger partial charge in [0.25, 0.3) is 0 Å². The van der Waals surface area contributed by atoms with Crippen molar-refractivity contribution in [2.45, 2.75) is 25.9 Å². The maximum atomic E-state index is 11.2. The first-order valence-electron chi connectivity index (χ1n) is 4.36. The Morgan fingerprint density at radius 1 is 1.57 bits per heavy atom. The number of esters is 1. The van der Waals surface area contributed by atoms with Crippen LogP contribution < -0.4 is 11.1 Å². The predicted molar refractivity (Wildman–Crippen MR) is 49.3 cm³/mol. The highest BCUT2D eigenvalue weighted by Crippen LogP contribution is 1.88. The lowest BCUT2D eigenvalue weighted by atomic mass is 10.2. The third-order valence-corrected chi connectivity index (χ3v) is 1.49. The van der Waals surface area contributed by atoms with Gasteiger partial charge in [0, 0.05) is 6.04 Å². The lowest BCUT2D eigenvalue weighted by Gasteiger charge is -2.14. The molecule has 0 aliphatic carbocycles. The molecule has 0 aromatic rings. The minimum atomic E-state index is -1.33. The summed E-state index contributed by atoms with van der Waals surface area (Å²) in [6.07, 6.45) is 0. The second-order valence-electron chi connectivity index (χ2n) is 2.82. The number of amides is 1. The first-order valence-corrected chi connectivity index (χ1v) is 4.36. The molecule has 0 rings (SSSR count). The molecular formula is C8H16N2O4. The molecule has 6 heteroatoms. The largest absolute Gasteiger partial charge is 0.464 e. The summed E-state index contributed by atoms with van der Waals surface area (Å²) in [7, 11) is 0. The van der Waals surface area contributed by atoms with E-state index >= 15 is 0 Å². The Kier molecular flexibility index (Phi) is 5.82. The Bertz CT molecular complexity index is 208. The van der Waals surface area contributed by atoms with Crippen LogP contribution in [0.5, 0.6) is 0 Å². The van der Waals surface area contributed by atoms with E-state index in [-0.39, 0.29) is 13.2 Å². The monoisotopic (exact) mass is 204 g/mol.